The predicted octanol–water partition coefficient (Wildman–Crippen LogP) is -0.771. The van der Waals surface area contributed by atoms with Crippen LogP contribution in [-0.4, -0.2) is 71.7 Å². The Labute approximate surface area is 139 Å². The maximum absolute atomic E-state index is 11.0. The zero-order valence-corrected chi connectivity index (χ0v) is 13.6. The molecule has 1 atom stereocenters. The van der Waals surface area contributed by atoms with Crippen LogP contribution < -0.4 is 16.4 Å². The first-order chi connectivity index (χ1) is 11.5. The molecule has 1 saturated heterocycles. The molecule has 1 fully saturated rings. The number of hydrogen-bond donors (Lipinski definition) is 2. The van der Waals surface area contributed by atoms with E-state index in [0.717, 1.165) is 17.7 Å². The number of nitrogen functional groups attached to an aromatic ring is 1. The fraction of sp³-hybridized carbons (Fsp3) is 0.467. The van der Waals surface area contributed by atoms with Gasteiger partial charge in [-0.2, -0.15) is 0 Å². The van der Waals surface area contributed by atoms with Gasteiger partial charge in [-0.15, -0.1) is 0 Å². The smallest absolute Gasteiger partial charge is 0.231 e. The molecule has 1 amide bonds. The molecule has 0 aliphatic carbocycles. The molecular weight excluding hydrogens is 310 g/mol. The van der Waals surface area contributed by atoms with Crippen molar-refractivity contribution in [3.05, 3.63) is 18.5 Å². The Bertz CT molecular complexity index is 739. The largest absolute Gasteiger partial charge is 0.384 e. The molecule has 1 aliphatic heterocycles. The predicted molar refractivity (Wildman–Crippen MR) is 90.4 cm³/mol. The number of nitrogens with two attached hydrogens (primary N) is 2. The number of carbonyl (C=O) groups excluding carboxylic acids is 1. The molecule has 9 nitrogen and oxygen atoms in total. The normalized spacial score (nSPS) is 18.2. The lowest BCUT2D eigenvalue weighted by molar-refractivity contribution is -0.119. The second-order valence-corrected chi connectivity index (χ2v) is 5.91. The molecular formula is C15H21N7O2. The summed E-state index contributed by atoms with van der Waals surface area (Å²) in [6.07, 6.45) is 1.46. The number of hydrogen-bond acceptors (Lipinski definition) is 8. The average Bonchev–Trinajstić information content (AvgIpc) is 2.53. The molecule has 24 heavy (non-hydrogen) atoms. The minimum Gasteiger partial charge on any atom is -0.384 e. The molecule has 3 rings (SSSR count). The molecule has 4 N–H and O–H groups in total. The van der Waals surface area contributed by atoms with E-state index in [1.165, 1.54) is 6.33 Å². The van der Waals surface area contributed by atoms with Crippen LogP contribution in [0.4, 0.5) is 11.6 Å². The number of likely N-dealkylation sites (N-methyl/N-ethyl adjacent to an activating group) is 1. The van der Waals surface area contributed by atoms with Crippen molar-refractivity contribution in [1.29, 1.82) is 0 Å². The molecule has 0 radical (unpaired) electrons. The molecule has 1 aliphatic rings. The minimum atomic E-state index is -0.351. The number of pyridine rings is 1. The minimum absolute atomic E-state index is 0.0325. The van der Waals surface area contributed by atoms with Gasteiger partial charge in [-0.1, -0.05) is 0 Å². The lowest BCUT2D eigenvalue weighted by atomic mass is 10.2. The quantitative estimate of drug-likeness (QED) is 0.732. The first-order valence-corrected chi connectivity index (χ1v) is 7.73. The Morgan fingerprint density at radius 1 is 1.46 bits per heavy atom. The van der Waals surface area contributed by atoms with Crippen molar-refractivity contribution in [1.82, 2.24) is 19.9 Å². The molecule has 3 heterocycles. The van der Waals surface area contributed by atoms with Gasteiger partial charge in [-0.25, -0.2) is 15.0 Å². The van der Waals surface area contributed by atoms with Gasteiger partial charge in [0, 0.05) is 19.6 Å². The molecule has 9 heteroatoms. The van der Waals surface area contributed by atoms with E-state index < -0.39 is 0 Å². The number of primary amides is 1. The third kappa shape index (κ3) is 3.69. The number of nitrogens with zero attached hydrogens (tertiary/aromatic N) is 5. The highest BCUT2D eigenvalue weighted by molar-refractivity contribution is 5.87. The van der Waals surface area contributed by atoms with Crippen molar-refractivity contribution in [2.24, 2.45) is 5.73 Å². The fourth-order valence-corrected chi connectivity index (χ4v) is 2.90. The first-order valence-electron chi connectivity index (χ1n) is 7.73. The highest BCUT2D eigenvalue weighted by Gasteiger charge is 2.24. The molecule has 128 valence electrons. The highest BCUT2D eigenvalue weighted by atomic mass is 16.5. The Kier molecular flexibility index (Phi) is 4.72. The van der Waals surface area contributed by atoms with Gasteiger partial charge in [-0.3, -0.25) is 9.69 Å². The summed E-state index contributed by atoms with van der Waals surface area (Å²) < 4.78 is 5.80. The van der Waals surface area contributed by atoms with Crippen LogP contribution in [0.1, 0.15) is 0 Å². The number of ether oxygens (including phenoxy) is 1. The van der Waals surface area contributed by atoms with E-state index in [-0.39, 0.29) is 18.6 Å². The van der Waals surface area contributed by atoms with E-state index in [4.69, 9.17) is 16.2 Å². The summed E-state index contributed by atoms with van der Waals surface area (Å²) in [4.78, 5) is 27.8. The highest BCUT2D eigenvalue weighted by Crippen LogP contribution is 2.24. The molecule has 0 bridgehead atoms. The van der Waals surface area contributed by atoms with Crippen molar-refractivity contribution in [3.63, 3.8) is 0 Å². The Morgan fingerprint density at radius 3 is 3.08 bits per heavy atom. The zero-order chi connectivity index (χ0) is 17.1. The van der Waals surface area contributed by atoms with E-state index in [1.54, 1.807) is 6.07 Å². The van der Waals surface area contributed by atoms with E-state index in [9.17, 15) is 4.79 Å². The molecule has 1 unspecified atom stereocenters. The van der Waals surface area contributed by atoms with Crippen molar-refractivity contribution < 1.29 is 9.53 Å². The van der Waals surface area contributed by atoms with Crippen LogP contribution in [0.2, 0.25) is 0 Å². The van der Waals surface area contributed by atoms with Crippen molar-refractivity contribution in [3.8, 4) is 0 Å². The van der Waals surface area contributed by atoms with Crippen molar-refractivity contribution in [2.45, 2.75) is 6.10 Å². The molecule has 2 aromatic heterocycles. The summed E-state index contributed by atoms with van der Waals surface area (Å²) in [6.45, 7) is 2.81. The van der Waals surface area contributed by atoms with Crippen LogP contribution in [0.15, 0.2) is 18.5 Å². The third-order valence-corrected chi connectivity index (χ3v) is 3.88. The number of aromatic nitrogens is 3. The van der Waals surface area contributed by atoms with Gasteiger partial charge >= 0.3 is 0 Å². The van der Waals surface area contributed by atoms with E-state index in [1.807, 2.05) is 18.0 Å². The summed E-state index contributed by atoms with van der Waals surface area (Å²) in [5.41, 5.74) is 11.5. The van der Waals surface area contributed by atoms with Gasteiger partial charge in [0.25, 0.3) is 0 Å². The van der Waals surface area contributed by atoms with Crippen LogP contribution in [0.3, 0.4) is 0 Å². The number of amides is 1. The van der Waals surface area contributed by atoms with E-state index >= 15 is 0 Å². The van der Waals surface area contributed by atoms with Crippen LogP contribution in [0.5, 0.6) is 0 Å². The monoisotopic (exact) mass is 331 g/mol. The number of morpholine rings is 1. The zero-order valence-electron chi connectivity index (χ0n) is 13.6. The summed E-state index contributed by atoms with van der Waals surface area (Å²) in [6, 6.07) is 3.63. The molecule has 2 aromatic rings. The third-order valence-electron chi connectivity index (χ3n) is 3.88. The van der Waals surface area contributed by atoms with E-state index in [2.05, 4.69) is 19.9 Å². The summed E-state index contributed by atoms with van der Waals surface area (Å²) in [5.74, 6) is 0.897. The lowest BCUT2D eigenvalue weighted by Gasteiger charge is -2.35. The van der Waals surface area contributed by atoms with Crippen LogP contribution in [0, 0.1) is 0 Å². The van der Waals surface area contributed by atoms with Crippen LogP contribution >= 0.6 is 0 Å². The topological polar surface area (TPSA) is 123 Å². The van der Waals surface area contributed by atoms with Crippen molar-refractivity contribution in [2.75, 3.05) is 50.5 Å². The lowest BCUT2D eigenvalue weighted by Crippen LogP contribution is -2.48. The Hall–Kier alpha value is -2.52. The standard InChI is InChI=1S/C15H21N7O2/c1-21(8-13(17)23)6-10-7-22(4-5-24-10)15-11-2-3-12(16)20-14(11)18-9-19-15/h2-3,9-10H,4-8H2,1H3,(H2,17,23)(H2,16,18,19,20). The fourth-order valence-electron chi connectivity index (χ4n) is 2.90. The van der Waals surface area contributed by atoms with Crippen molar-refractivity contribution >= 4 is 28.6 Å². The number of rotatable bonds is 5. The van der Waals surface area contributed by atoms with Gasteiger partial charge < -0.3 is 21.1 Å². The summed E-state index contributed by atoms with van der Waals surface area (Å²) >= 11 is 0. The number of anilines is 2. The summed E-state index contributed by atoms with van der Waals surface area (Å²) in [5, 5.41) is 0.859. The van der Waals surface area contributed by atoms with Crippen LogP contribution in [-0.2, 0) is 9.53 Å². The second kappa shape index (κ2) is 6.93. The van der Waals surface area contributed by atoms with Crippen LogP contribution in [0.25, 0.3) is 11.0 Å². The van der Waals surface area contributed by atoms with Gasteiger partial charge in [-0.05, 0) is 19.2 Å². The van der Waals surface area contributed by atoms with E-state index in [0.29, 0.717) is 31.2 Å². The van der Waals surface area contributed by atoms with Gasteiger partial charge in [0.05, 0.1) is 24.6 Å². The van der Waals surface area contributed by atoms with Gasteiger partial charge in [0.15, 0.2) is 5.65 Å². The Balaban J connectivity index is 1.76. The first kappa shape index (κ1) is 16.3. The molecule has 0 spiro atoms. The number of fused-ring (bicyclic) bond motifs is 1. The SMILES string of the molecule is CN(CC(N)=O)CC1CN(c2ncnc3nc(N)ccc23)CCO1. The second-order valence-electron chi connectivity index (χ2n) is 5.91. The maximum Gasteiger partial charge on any atom is 0.231 e. The number of carbonyl (C=O) groups is 1. The Morgan fingerprint density at radius 2 is 2.29 bits per heavy atom. The maximum atomic E-state index is 11.0. The summed E-state index contributed by atoms with van der Waals surface area (Å²) in [7, 11) is 1.85. The van der Waals surface area contributed by atoms with Gasteiger partial charge in [0.1, 0.15) is 18.0 Å². The van der Waals surface area contributed by atoms with Gasteiger partial charge in [0.2, 0.25) is 5.91 Å². The average molecular weight is 331 g/mol. The molecule has 0 saturated carbocycles. The molecule has 0 aromatic carbocycles.